The van der Waals surface area contributed by atoms with E-state index in [0.29, 0.717) is 31.2 Å². The highest BCUT2D eigenvalue weighted by Gasteiger charge is 2.30. The second kappa shape index (κ2) is 10.1. The molecule has 2 amide bonds. The Morgan fingerprint density at radius 1 is 1.14 bits per heavy atom. The van der Waals surface area contributed by atoms with Crippen molar-refractivity contribution in [3.63, 3.8) is 0 Å². The lowest BCUT2D eigenvalue weighted by atomic mass is 9.97. The van der Waals surface area contributed by atoms with Gasteiger partial charge in [-0.25, -0.2) is 14.8 Å². The molecule has 0 spiro atoms. The predicted octanol–water partition coefficient (Wildman–Crippen LogP) is 3.88. The van der Waals surface area contributed by atoms with E-state index < -0.39 is 17.6 Å². The first-order valence-electron chi connectivity index (χ1n) is 11.7. The first kappa shape index (κ1) is 24.8. The number of aryl methyl sites for hydroxylation is 1. The molecule has 2 aromatic heterocycles. The standard InChI is InChI=1S/C25H31ClN6O3/c1-16-13-27-21-20(16)22(30-15-29-21)31-9-11-32(12-10-31)23(33)19(17-5-7-18(26)8-6-17)14-28-24(34)35-25(2,3)4/h5-8,13,15,19H,9-12,14H2,1-4H3,(H,28,34)(H,27,29,30). The van der Waals surface area contributed by atoms with E-state index in [9.17, 15) is 9.59 Å². The number of aromatic nitrogens is 3. The van der Waals surface area contributed by atoms with Gasteiger partial charge in [0.2, 0.25) is 5.91 Å². The molecule has 0 aliphatic carbocycles. The fraction of sp³-hybridized carbons (Fsp3) is 0.440. The zero-order chi connectivity index (χ0) is 25.2. The number of H-pyrrole nitrogens is 1. The van der Waals surface area contributed by atoms with Crippen molar-refractivity contribution >= 4 is 40.5 Å². The smallest absolute Gasteiger partial charge is 0.407 e. The first-order valence-corrected chi connectivity index (χ1v) is 12.0. The third-order valence-electron chi connectivity index (χ3n) is 5.96. The number of aromatic amines is 1. The summed E-state index contributed by atoms with van der Waals surface area (Å²) in [6, 6.07) is 7.15. The van der Waals surface area contributed by atoms with Gasteiger partial charge in [0.05, 0.1) is 11.3 Å². The second-order valence-corrected chi connectivity index (χ2v) is 10.1. The number of hydrogen-bond donors (Lipinski definition) is 2. The van der Waals surface area contributed by atoms with Gasteiger partial charge in [-0.15, -0.1) is 0 Å². The van der Waals surface area contributed by atoms with Crippen molar-refractivity contribution in [1.29, 1.82) is 0 Å². The Morgan fingerprint density at radius 3 is 2.49 bits per heavy atom. The van der Waals surface area contributed by atoms with Gasteiger partial charge in [-0.05, 0) is 51.0 Å². The molecule has 1 unspecified atom stereocenters. The van der Waals surface area contributed by atoms with Crippen LogP contribution in [0.4, 0.5) is 10.6 Å². The summed E-state index contributed by atoms with van der Waals surface area (Å²) in [4.78, 5) is 41.9. The summed E-state index contributed by atoms with van der Waals surface area (Å²) in [5.74, 6) is 0.277. The number of rotatable bonds is 5. The predicted molar refractivity (Wildman–Crippen MR) is 136 cm³/mol. The Hall–Kier alpha value is -3.33. The molecule has 0 bridgehead atoms. The highest BCUT2D eigenvalue weighted by Crippen LogP contribution is 2.27. The number of fused-ring (bicyclic) bond motifs is 1. The van der Waals surface area contributed by atoms with E-state index in [-0.39, 0.29) is 12.5 Å². The molecule has 9 nitrogen and oxygen atoms in total. The molecular weight excluding hydrogens is 468 g/mol. The van der Waals surface area contributed by atoms with Gasteiger partial charge in [0.25, 0.3) is 0 Å². The van der Waals surface area contributed by atoms with E-state index in [2.05, 4.69) is 25.2 Å². The minimum absolute atomic E-state index is 0.0475. The lowest BCUT2D eigenvalue weighted by Gasteiger charge is -2.37. The average molecular weight is 499 g/mol. The Balaban J connectivity index is 1.46. The summed E-state index contributed by atoms with van der Waals surface area (Å²) in [7, 11) is 0. The van der Waals surface area contributed by atoms with Crippen LogP contribution in [0.15, 0.2) is 36.8 Å². The number of halogens is 1. The maximum absolute atomic E-state index is 13.6. The van der Waals surface area contributed by atoms with Crippen LogP contribution in [0.2, 0.25) is 5.02 Å². The number of ether oxygens (including phenoxy) is 1. The van der Waals surface area contributed by atoms with Gasteiger partial charge in [0.15, 0.2) is 0 Å². The average Bonchev–Trinajstić information content (AvgIpc) is 3.20. The van der Waals surface area contributed by atoms with Crippen LogP contribution in [-0.2, 0) is 9.53 Å². The van der Waals surface area contributed by atoms with Crippen LogP contribution >= 0.6 is 11.6 Å². The summed E-state index contributed by atoms with van der Waals surface area (Å²) in [6.45, 7) is 9.95. The van der Waals surface area contributed by atoms with Gasteiger partial charge in [0.1, 0.15) is 23.4 Å². The van der Waals surface area contributed by atoms with Crippen LogP contribution in [0.5, 0.6) is 0 Å². The lowest BCUT2D eigenvalue weighted by Crippen LogP contribution is -2.51. The number of alkyl carbamates (subject to hydrolysis) is 1. The molecule has 0 saturated carbocycles. The van der Waals surface area contributed by atoms with Gasteiger partial charge < -0.3 is 24.8 Å². The molecule has 4 rings (SSSR count). The summed E-state index contributed by atoms with van der Waals surface area (Å²) in [5, 5.41) is 4.35. The normalized spacial score (nSPS) is 15.2. The fourth-order valence-corrected chi connectivity index (χ4v) is 4.36. The number of piperazine rings is 1. The van der Waals surface area contributed by atoms with Gasteiger partial charge >= 0.3 is 6.09 Å². The third kappa shape index (κ3) is 5.85. The van der Waals surface area contributed by atoms with Crippen LogP contribution in [0.1, 0.15) is 37.8 Å². The van der Waals surface area contributed by atoms with Gasteiger partial charge in [-0.1, -0.05) is 23.7 Å². The minimum atomic E-state index is -0.621. The molecule has 186 valence electrons. The minimum Gasteiger partial charge on any atom is -0.444 e. The quantitative estimate of drug-likeness (QED) is 0.553. The topological polar surface area (TPSA) is 103 Å². The monoisotopic (exact) mass is 498 g/mol. The highest BCUT2D eigenvalue weighted by atomic mass is 35.5. The van der Waals surface area contributed by atoms with Crippen LogP contribution in [0.3, 0.4) is 0 Å². The van der Waals surface area contributed by atoms with E-state index in [4.69, 9.17) is 16.3 Å². The fourth-order valence-electron chi connectivity index (χ4n) is 4.24. The van der Waals surface area contributed by atoms with E-state index in [0.717, 1.165) is 28.0 Å². The van der Waals surface area contributed by atoms with E-state index in [1.54, 1.807) is 39.2 Å². The summed E-state index contributed by atoms with van der Waals surface area (Å²) in [6.07, 6.45) is 2.94. The molecule has 2 N–H and O–H groups in total. The number of amides is 2. The molecule has 3 aromatic rings. The number of nitrogens with zero attached hydrogens (tertiary/aromatic N) is 4. The van der Waals surface area contributed by atoms with Crippen molar-refractivity contribution in [3.8, 4) is 0 Å². The Morgan fingerprint density at radius 2 is 1.83 bits per heavy atom. The Labute approximate surface area is 209 Å². The second-order valence-electron chi connectivity index (χ2n) is 9.69. The molecule has 35 heavy (non-hydrogen) atoms. The molecule has 3 heterocycles. The summed E-state index contributed by atoms with van der Waals surface area (Å²) >= 11 is 6.06. The third-order valence-corrected chi connectivity index (χ3v) is 6.21. The molecule has 1 aliphatic heterocycles. The number of carbonyl (C=O) groups excluding carboxylic acids is 2. The maximum Gasteiger partial charge on any atom is 0.407 e. The molecule has 1 fully saturated rings. The van der Waals surface area contributed by atoms with Gasteiger partial charge in [0, 0.05) is 43.9 Å². The number of carbonyl (C=O) groups is 2. The molecule has 1 aromatic carbocycles. The van der Waals surface area contributed by atoms with Crippen LogP contribution in [0, 0.1) is 6.92 Å². The highest BCUT2D eigenvalue weighted by molar-refractivity contribution is 6.30. The zero-order valence-corrected chi connectivity index (χ0v) is 21.2. The number of benzene rings is 1. The van der Waals surface area contributed by atoms with E-state index >= 15 is 0 Å². The van der Waals surface area contributed by atoms with Crippen molar-refractivity contribution < 1.29 is 14.3 Å². The molecule has 1 saturated heterocycles. The van der Waals surface area contributed by atoms with E-state index in [1.165, 1.54) is 0 Å². The van der Waals surface area contributed by atoms with E-state index in [1.807, 2.05) is 30.2 Å². The molecular formula is C25H31ClN6O3. The zero-order valence-electron chi connectivity index (χ0n) is 20.5. The molecule has 1 atom stereocenters. The summed E-state index contributed by atoms with van der Waals surface area (Å²) in [5.41, 5.74) is 2.07. The SMILES string of the molecule is Cc1c[nH]c2ncnc(N3CCN(C(=O)C(CNC(=O)OC(C)(C)C)c4ccc(Cl)cc4)CC3)c12. The van der Waals surface area contributed by atoms with Crippen LogP contribution in [0.25, 0.3) is 11.0 Å². The Bertz CT molecular complexity index is 1200. The van der Waals surface area contributed by atoms with Crippen molar-refractivity contribution in [2.75, 3.05) is 37.6 Å². The van der Waals surface area contributed by atoms with Crippen molar-refractivity contribution in [2.45, 2.75) is 39.2 Å². The molecule has 1 aliphatic rings. The van der Waals surface area contributed by atoms with Gasteiger partial charge in [-0.3, -0.25) is 4.79 Å². The number of hydrogen-bond acceptors (Lipinski definition) is 6. The number of nitrogens with one attached hydrogen (secondary N) is 2. The Kier molecular flexibility index (Phi) is 7.16. The van der Waals surface area contributed by atoms with Gasteiger partial charge in [-0.2, -0.15) is 0 Å². The molecule has 0 radical (unpaired) electrons. The number of anilines is 1. The molecule has 10 heteroatoms. The van der Waals surface area contributed by atoms with Crippen molar-refractivity contribution in [2.24, 2.45) is 0 Å². The first-order chi connectivity index (χ1) is 16.6. The van der Waals surface area contributed by atoms with Crippen molar-refractivity contribution in [1.82, 2.24) is 25.2 Å². The lowest BCUT2D eigenvalue weighted by molar-refractivity contribution is -0.133. The van der Waals surface area contributed by atoms with Crippen molar-refractivity contribution in [3.05, 3.63) is 52.9 Å². The van der Waals surface area contributed by atoms with Crippen LogP contribution < -0.4 is 10.2 Å². The maximum atomic E-state index is 13.6. The van der Waals surface area contributed by atoms with Crippen LogP contribution in [-0.4, -0.2) is 70.2 Å². The largest absolute Gasteiger partial charge is 0.444 e. The summed E-state index contributed by atoms with van der Waals surface area (Å²) < 4.78 is 5.35.